The Bertz CT molecular complexity index is 1230. The molecule has 9 nitrogen and oxygen atoms in total. The Balaban J connectivity index is 2.15. The number of halogens is 1. The summed E-state index contributed by atoms with van der Waals surface area (Å²) in [6, 6.07) is 11.3. The number of nitro benzene ring substituents is 1. The predicted molar refractivity (Wildman–Crippen MR) is 110 cm³/mol. The fourth-order valence-electron chi connectivity index (χ4n) is 2.71. The number of hydrogen-bond acceptors (Lipinski definition) is 7. The monoisotopic (exact) mass is 455 g/mol. The summed E-state index contributed by atoms with van der Waals surface area (Å²) in [5.41, 5.74) is 0.148. The lowest BCUT2D eigenvalue weighted by Crippen LogP contribution is -2.22. The van der Waals surface area contributed by atoms with Crippen molar-refractivity contribution in [2.75, 3.05) is 6.61 Å². The summed E-state index contributed by atoms with van der Waals surface area (Å²) in [5.74, 6) is 0.344. The number of ether oxygens (including phenoxy) is 1. The molecule has 3 aromatic rings. The number of nitrogens with zero attached hydrogens (tertiary/aromatic N) is 5. The normalized spacial score (nSPS) is 10.9. The van der Waals surface area contributed by atoms with Crippen LogP contribution in [0.2, 0.25) is 0 Å². The molecule has 0 saturated carbocycles. The zero-order chi connectivity index (χ0) is 21.0. The maximum atomic E-state index is 12.9. The SMILES string of the molecule is CCc1nc2ccc(Br)cc2c(=O)n1N=Cc1cccc([N+](=O)[O-])c1OCC#N. The van der Waals surface area contributed by atoms with Gasteiger partial charge in [-0.15, -0.1) is 0 Å². The van der Waals surface area contributed by atoms with E-state index in [0.29, 0.717) is 23.1 Å². The first-order valence-electron chi connectivity index (χ1n) is 8.49. The Kier molecular flexibility index (Phi) is 5.99. The molecule has 3 rings (SSSR count). The van der Waals surface area contributed by atoms with Crippen molar-refractivity contribution < 1.29 is 9.66 Å². The molecule has 0 unspecified atom stereocenters. The van der Waals surface area contributed by atoms with Crippen LogP contribution in [-0.2, 0) is 6.42 Å². The minimum absolute atomic E-state index is 0.0922. The van der Waals surface area contributed by atoms with Crippen molar-refractivity contribution in [3.63, 3.8) is 0 Å². The quantitative estimate of drug-likeness (QED) is 0.318. The topological polar surface area (TPSA) is 123 Å². The molecule has 0 N–H and O–H groups in total. The van der Waals surface area contributed by atoms with Gasteiger partial charge in [0.2, 0.25) is 5.75 Å². The van der Waals surface area contributed by atoms with Crippen LogP contribution in [0, 0.1) is 21.4 Å². The Labute approximate surface area is 173 Å². The largest absolute Gasteiger partial charge is 0.471 e. The molecule has 0 fully saturated rings. The fourth-order valence-corrected chi connectivity index (χ4v) is 3.07. The molecule has 0 aliphatic heterocycles. The Morgan fingerprint density at radius 3 is 2.90 bits per heavy atom. The molecule has 0 spiro atoms. The van der Waals surface area contributed by atoms with Gasteiger partial charge in [-0.05, 0) is 24.3 Å². The van der Waals surface area contributed by atoms with E-state index in [1.54, 1.807) is 30.3 Å². The number of benzene rings is 2. The van der Waals surface area contributed by atoms with Gasteiger partial charge in [0.15, 0.2) is 6.61 Å². The second-order valence-electron chi connectivity index (χ2n) is 5.80. The number of aryl methyl sites for hydroxylation is 1. The van der Waals surface area contributed by atoms with Crippen molar-refractivity contribution in [2.24, 2.45) is 5.10 Å². The van der Waals surface area contributed by atoms with E-state index in [2.05, 4.69) is 26.0 Å². The highest BCUT2D eigenvalue weighted by atomic mass is 79.9. The lowest BCUT2D eigenvalue weighted by atomic mass is 10.2. The summed E-state index contributed by atoms with van der Waals surface area (Å²) in [6.45, 7) is 1.48. The zero-order valence-corrected chi connectivity index (χ0v) is 16.8. The fraction of sp³-hybridized carbons (Fsp3) is 0.158. The molecule has 0 aliphatic rings. The Morgan fingerprint density at radius 2 is 2.21 bits per heavy atom. The summed E-state index contributed by atoms with van der Waals surface area (Å²) in [5, 5.41) is 24.6. The van der Waals surface area contributed by atoms with Gasteiger partial charge in [-0.2, -0.15) is 15.0 Å². The van der Waals surface area contributed by atoms with Gasteiger partial charge in [-0.3, -0.25) is 14.9 Å². The molecule has 0 atom stereocenters. The smallest absolute Gasteiger partial charge is 0.311 e. The number of rotatable bonds is 6. The maximum absolute atomic E-state index is 12.9. The van der Waals surface area contributed by atoms with Crippen LogP contribution in [0.25, 0.3) is 10.9 Å². The lowest BCUT2D eigenvalue weighted by Gasteiger charge is -2.09. The number of nitriles is 1. The van der Waals surface area contributed by atoms with Gasteiger partial charge in [-0.25, -0.2) is 4.98 Å². The molecule has 29 heavy (non-hydrogen) atoms. The van der Waals surface area contributed by atoms with E-state index in [-0.39, 0.29) is 29.2 Å². The van der Waals surface area contributed by atoms with Gasteiger partial charge in [0.05, 0.1) is 22.0 Å². The summed E-state index contributed by atoms with van der Waals surface area (Å²) in [4.78, 5) is 28.1. The van der Waals surface area contributed by atoms with E-state index in [1.807, 2.05) is 6.92 Å². The van der Waals surface area contributed by atoms with Gasteiger partial charge in [0.1, 0.15) is 11.9 Å². The van der Waals surface area contributed by atoms with E-state index in [4.69, 9.17) is 10.00 Å². The van der Waals surface area contributed by atoms with Crippen LogP contribution in [0.5, 0.6) is 5.75 Å². The molecule has 1 heterocycles. The molecule has 0 amide bonds. The molecule has 0 aliphatic carbocycles. The Hall–Kier alpha value is -3.58. The minimum atomic E-state index is -0.608. The van der Waals surface area contributed by atoms with Gasteiger partial charge in [0, 0.05) is 22.5 Å². The van der Waals surface area contributed by atoms with Crippen molar-refractivity contribution in [3.05, 3.63) is 72.7 Å². The molecule has 0 radical (unpaired) electrons. The van der Waals surface area contributed by atoms with Crippen molar-refractivity contribution >= 4 is 38.7 Å². The molecule has 10 heteroatoms. The number of aromatic nitrogens is 2. The van der Waals surface area contributed by atoms with Crippen LogP contribution in [0.4, 0.5) is 5.69 Å². The van der Waals surface area contributed by atoms with Gasteiger partial charge in [-0.1, -0.05) is 28.9 Å². The third kappa shape index (κ3) is 4.14. The standard InChI is InChI=1S/C19H14BrN5O4/c1-2-17-23-15-7-6-13(20)10-14(15)19(26)24(17)22-11-12-4-3-5-16(25(27)28)18(12)29-9-8-21/h3-7,10-11H,2,9H2,1H3. The van der Waals surface area contributed by atoms with Gasteiger partial charge in [0.25, 0.3) is 5.56 Å². The van der Waals surface area contributed by atoms with E-state index in [1.165, 1.54) is 18.3 Å². The molecule has 0 bridgehead atoms. The number of para-hydroxylation sites is 1. The van der Waals surface area contributed by atoms with Crippen LogP contribution in [0.15, 0.2) is 50.8 Å². The third-order valence-corrected chi connectivity index (χ3v) is 4.50. The van der Waals surface area contributed by atoms with Crippen LogP contribution in [0.3, 0.4) is 0 Å². The first-order valence-corrected chi connectivity index (χ1v) is 9.28. The molecule has 1 aromatic heterocycles. The van der Waals surface area contributed by atoms with Crippen molar-refractivity contribution in [3.8, 4) is 11.8 Å². The van der Waals surface area contributed by atoms with E-state index >= 15 is 0 Å². The second kappa shape index (κ2) is 8.62. The van der Waals surface area contributed by atoms with Crippen molar-refractivity contribution in [2.45, 2.75) is 13.3 Å². The summed E-state index contributed by atoms with van der Waals surface area (Å²) >= 11 is 3.34. The highest BCUT2D eigenvalue weighted by Gasteiger charge is 2.18. The van der Waals surface area contributed by atoms with E-state index in [0.717, 1.165) is 9.15 Å². The van der Waals surface area contributed by atoms with E-state index in [9.17, 15) is 14.9 Å². The molecule has 0 saturated heterocycles. The third-order valence-electron chi connectivity index (χ3n) is 4.01. The minimum Gasteiger partial charge on any atom is -0.471 e. The van der Waals surface area contributed by atoms with Crippen LogP contribution in [0.1, 0.15) is 18.3 Å². The van der Waals surface area contributed by atoms with Crippen LogP contribution >= 0.6 is 15.9 Å². The van der Waals surface area contributed by atoms with Crippen molar-refractivity contribution in [1.82, 2.24) is 9.66 Å². The number of nitro groups is 1. The molecule has 2 aromatic carbocycles. The molecular weight excluding hydrogens is 442 g/mol. The van der Waals surface area contributed by atoms with E-state index < -0.39 is 4.92 Å². The summed E-state index contributed by atoms with van der Waals surface area (Å²) < 4.78 is 7.12. The first kappa shape index (κ1) is 20.2. The first-order chi connectivity index (χ1) is 14.0. The summed E-state index contributed by atoms with van der Waals surface area (Å²) in [6.07, 6.45) is 1.73. The zero-order valence-electron chi connectivity index (χ0n) is 15.2. The summed E-state index contributed by atoms with van der Waals surface area (Å²) in [7, 11) is 0. The molecule has 146 valence electrons. The average Bonchev–Trinajstić information content (AvgIpc) is 2.71. The average molecular weight is 456 g/mol. The highest BCUT2D eigenvalue weighted by molar-refractivity contribution is 9.10. The Morgan fingerprint density at radius 1 is 1.41 bits per heavy atom. The number of fused-ring (bicyclic) bond motifs is 1. The maximum Gasteiger partial charge on any atom is 0.311 e. The number of hydrogen-bond donors (Lipinski definition) is 0. The predicted octanol–water partition coefficient (Wildman–Crippen LogP) is 3.41. The highest BCUT2D eigenvalue weighted by Crippen LogP contribution is 2.30. The van der Waals surface area contributed by atoms with Crippen LogP contribution < -0.4 is 10.3 Å². The molecular formula is C19H14BrN5O4. The van der Waals surface area contributed by atoms with Crippen molar-refractivity contribution in [1.29, 1.82) is 5.26 Å². The van der Waals surface area contributed by atoms with Crippen LogP contribution in [-0.4, -0.2) is 27.4 Å². The van der Waals surface area contributed by atoms with Gasteiger partial charge < -0.3 is 4.74 Å². The lowest BCUT2D eigenvalue weighted by molar-refractivity contribution is -0.385. The van der Waals surface area contributed by atoms with Gasteiger partial charge >= 0.3 is 5.69 Å². The second-order valence-corrected chi connectivity index (χ2v) is 6.72.